The van der Waals surface area contributed by atoms with Crippen molar-refractivity contribution in [3.05, 3.63) is 41.5 Å². The largest absolute Gasteiger partial charge is 2.00 e. The smallest absolute Gasteiger partial charge is 1.00 e. The summed E-state index contributed by atoms with van der Waals surface area (Å²) in [4.78, 5) is 0. The molecular formula is C10H9BrMg. The van der Waals surface area contributed by atoms with Crippen molar-refractivity contribution in [1.82, 2.24) is 0 Å². The molecule has 1 aliphatic rings. The van der Waals surface area contributed by atoms with Gasteiger partial charge in [-0.3, -0.25) is 0 Å². The number of hydrogen-bond donors (Lipinski definition) is 0. The van der Waals surface area contributed by atoms with Gasteiger partial charge in [-0.1, -0.05) is 18.6 Å². The van der Waals surface area contributed by atoms with Crippen molar-refractivity contribution in [3.63, 3.8) is 0 Å². The predicted octanol–water partition coefficient (Wildman–Crippen LogP) is -0.931. The molecule has 2 heteroatoms. The number of halogens is 1. The molecule has 0 N–H and O–H groups in total. The van der Waals surface area contributed by atoms with Crippen LogP contribution in [0.2, 0.25) is 0 Å². The van der Waals surface area contributed by atoms with Crippen LogP contribution in [-0.4, -0.2) is 23.1 Å². The molecule has 0 heterocycles. The maximum Gasteiger partial charge on any atom is 2.00 e. The van der Waals surface area contributed by atoms with Gasteiger partial charge in [0.2, 0.25) is 0 Å². The molecule has 0 amide bonds. The minimum atomic E-state index is 0. The van der Waals surface area contributed by atoms with E-state index in [1.54, 1.807) is 0 Å². The Morgan fingerprint density at radius 1 is 1.33 bits per heavy atom. The summed E-state index contributed by atoms with van der Waals surface area (Å²) in [5, 5.41) is 0. The van der Waals surface area contributed by atoms with Crippen LogP contribution < -0.4 is 17.0 Å². The van der Waals surface area contributed by atoms with Crippen molar-refractivity contribution in [1.29, 1.82) is 0 Å². The summed E-state index contributed by atoms with van der Waals surface area (Å²) in [6.07, 6.45) is 6.78. The van der Waals surface area contributed by atoms with E-state index in [2.05, 4.69) is 30.4 Å². The van der Waals surface area contributed by atoms with Crippen molar-refractivity contribution in [2.24, 2.45) is 0 Å². The molecule has 1 aliphatic carbocycles. The predicted molar refractivity (Wildman–Crippen MR) is 48.4 cm³/mol. The zero-order valence-corrected chi connectivity index (χ0v) is 9.89. The van der Waals surface area contributed by atoms with E-state index < -0.39 is 0 Å². The third-order valence-electron chi connectivity index (χ3n) is 1.87. The molecule has 0 saturated carbocycles. The fourth-order valence-corrected chi connectivity index (χ4v) is 1.31. The zero-order chi connectivity index (χ0) is 6.81. The molecule has 0 saturated heterocycles. The fraction of sp³-hybridized carbons (Fsp3) is 0.200. The maximum atomic E-state index is 3.09. The minimum Gasteiger partial charge on any atom is -1.00 e. The number of hydrogen-bond acceptors (Lipinski definition) is 0. The number of fused-ring (bicyclic) bond motifs is 1. The van der Waals surface area contributed by atoms with E-state index in [0.717, 1.165) is 0 Å². The topological polar surface area (TPSA) is 0 Å². The van der Waals surface area contributed by atoms with E-state index in [1.807, 2.05) is 6.07 Å². The van der Waals surface area contributed by atoms with E-state index in [-0.39, 0.29) is 40.0 Å². The van der Waals surface area contributed by atoms with Gasteiger partial charge < -0.3 is 17.0 Å². The Morgan fingerprint density at radius 2 is 2.17 bits per heavy atom. The Kier molecular flexibility index (Phi) is 5.88. The average Bonchev–Trinajstić information content (AvgIpc) is 2.05. The summed E-state index contributed by atoms with van der Waals surface area (Å²) in [5.74, 6) is 0. The molecule has 0 fully saturated rings. The number of aryl methyl sites for hydroxylation is 1. The van der Waals surface area contributed by atoms with E-state index in [9.17, 15) is 0 Å². The first-order chi connectivity index (χ1) is 4.97. The molecule has 0 nitrogen and oxygen atoms in total. The van der Waals surface area contributed by atoms with Crippen LogP contribution in [-0.2, 0) is 6.42 Å². The number of benzene rings is 1. The summed E-state index contributed by atoms with van der Waals surface area (Å²) in [7, 11) is 0. The van der Waals surface area contributed by atoms with Gasteiger partial charge in [0, 0.05) is 0 Å². The van der Waals surface area contributed by atoms with Crippen LogP contribution in [0, 0.1) is 6.07 Å². The van der Waals surface area contributed by atoms with Gasteiger partial charge in [-0.2, -0.15) is 24.3 Å². The van der Waals surface area contributed by atoms with Gasteiger partial charge in [-0.05, 0) is 6.42 Å². The summed E-state index contributed by atoms with van der Waals surface area (Å²) in [6, 6.07) is 9.25. The Morgan fingerprint density at radius 3 is 2.92 bits per heavy atom. The van der Waals surface area contributed by atoms with E-state index in [4.69, 9.17) is 0 Å². The summed E-state index contributed by atoms with van der Waals surface area (Å²) in [6.45, 7) is 0. The average molecular weight is 233 g/mol. The summed E-state index contributed by atoms with van der Waals surface area (Å²) in [5.41, 5.74) is 2.80. The fourth-order valence-electron chi connectivity index (χ4n) is 1.31. The molecule has 12 heavy (non-hydrogen) atoms. The van der Waals surface area contributed by atoms with Crippen LogP contribution in [0.4, 0.5) is 0 Å². The molecule has 0 spiro atoms. The van der Waals surface area contributed by atoms with Gasteiger partial charge in [-0.15, -0.1) is 11.1 Å². The first-order valence-electron chi connectivity index (χ1n) is 3.62. The van der Waals surface area contributed by atoms with Crippen molar-refractivity contribution in [3.8, 4) is 0 Å². The quantitative estimate of drug-likeness (QED) is 0.401. The number of rotatable bonds is 0. The third-order valence-corrected chi connectivity index (χ3v) is 1.87. The van der Waals surface area contributed by atoms with Crippen molar-refractivity contribution in [2.75, 3.05) is 0 Å². The summed E-state index contributed by atoms with van der Waals surface area (Å²) >= 11 is 0. The molecule has 0 atom stereocenters. The molecule has 0 radical (unpaired) electrons. The first-order valence-corrected chi connectivity index (χ1v) is 3.62. The maximum absolute atomic E-state index is 3.09. The molecule has 0 aromatic heterocycles. The van der Waals surface area contributed by atoms with Crippen LogP contribution in [0.25, 0.3) is 6.08 Å². The SMILES string of the molecule is [Br-].[Mg+2].[c-]1ccc2c(c1)CCC=C2. The van der Waals surface area contributed by atoms with Crippen LogP contribution >= 0.6 is 0 Å². The van der Waals surface area contributed by atoms with E-state index >= 15 is 0 Å². The van der Waals surface area contributed by atoms with E-state index in [0.29, 0.717) is 0 Å². The Balaban J connectivity index is 0.000000605. The molecule has 0 unspecified atom stereocenters. The molecule has 1 aromatic carbocycles. The van der Waals surface area contributed by atoms with Gasteiger partial charge in [0.1, 0.15) is 0 Å². The van der Waals surface area contributed by atoms with Gasteiger partial charge in [-0.25, -0.2) is 0 Å². The second-order valence-electron chi connectivity index (χ2n) is 2.57. The van der Waals surface area contributed by atoms with Gasteiger partial charge in [0.25, 0.3) is 0 Å². The normalized spacial score (nSPS) is 12.3. The number of allylic oxidation sites excluding steroid dienone is 1. The molecule has 0 aliphatic heterocycles. The van der Waals surface area contributed by atoms with Crippen LogP contribution in [0.3, 0.4) is 0 Å². The molecule has 58 valence electrons. The Bertz CT molecular complexity index is 268. The Hall–Kier alpha value is 0.206. The van der Waals surface area contributed by atoms with Crippen molar-refractivity contribution in [2.45, 2.75) is 12.8 Å². The van der Waals surface area contributed by atoms with Crippen molar-refractivity contribution >= 4 is 29.1 Å². The van der Waals surface area contributed by atoms with Gasteiger partial charge in [0.05, 0.1) is 0 Å². The monoisotopic (exact) mass is 232 g/mol. The van der Waals surface area contributed by atoms with Gasteiger partial charge >= 0.3 is 23.1 Å². The molecule has 0 bridgehead atoms. The standard InChI is InChI=1S/C10H9.BrH.Mg/c1-2-6-10-8-4-3-7-9(10)5-1;;/h1,3,5,7-8H,2,6H2;1H;/q-1;;+2/p-1. The summed E-state index contributed by atoms with van der Waals surface area (Å²) < 4.78 is 0. The van der Waals surface area contributed by atoms with Crippen LogP contribution in [0.5, 0.6) is 0 Å². The van der Waals surface area contributed by atoms with E-state index in [1.165, 1.54) is 24.0 Å². The van der Waals surface area contributed by atoms with Crippen molar-refractivity contribution < 1.29 is 17.0 Å². The van der Waals surface area contributed by atoms with Crippen LogP contribution in [0.15, 0.2) is 24.3 Å². The first kappa shape index (κ1) is 12.2. The second kappa shape index (κ2) is 5.78. The second-order valence-corrected chi connectivity index (χ2v) is 2.57. The van der Waals surface area contributed by atoms with Crippen LogP contribution in [0.1, 0.15) is 17.5 Å². The molecule has 2 rings (SSSR count). The van der Waals surface area contributed by atoms with Gasteiger partial charge in [0.15, 0.2) is 0 Å². The third kappa shape index (κ3) is 2.61. The molecular weight excluding hydrogens is 224 g/mol. The molecule has 1 aromatic rings. The zero-order valence-electron chi connectivity index (χ0n) is 6.89. The Labute approximate surface area is 100.0 Å². The minimum absolute atomic E-state index is 0.